The SMILES string of the molecule is COC(=O)[C@H](Cc1ccccc1)NC(=O)COc1ccc(C)c(Br)c1. The van der Waals surface area contributed by atoms with Crippen LogP contribution in [0, 0.1) is 6.92 Å². The van der Waals surface area contributed by atoms with Crippen molar-refractivity contribution in [3.63, 3.8) is 0 Å². The Morgan fingerprint density at radius 3 is 2.52 bits per heavy atom. The van der Waals surface area contributed by atoms with Gasteiger partial charge in [0.2, 0.25) is 0 Å². The molecule has 5 nitrogen and oxygen atoms in total. The van der Waals surface area contributed by atoms with Crippen LogP contribution in [0.25, 0.3) is 0 Å². The Labute approximate surface area is 155 Å². The van der Waals surface area contributed by atoms with Crippen LogP contribution in [0.2, 0.25) is 0 Å². The molecule has 1 amide bonds. The van der Waals surface area contributed by atoms with Crippen LogP contribution < -0.4 is 10.1 Å². The topological polar surface area (TPSA) is 64.6 Å². The summed E-state index contributed by atoms with van der Waals surface area (Å²) in [6.45, 7) is 1.78. The number of carbonyl (C=O) groups excluding carboxylic acids is 2. The van der Waals surface area contributed by atoms with Crippen molar-refractivity contribution in [2.24, 2.45) is 0 Å². The number of esters is 1. The molecule has 0 aromatic heterocycles. The number of amides is 1. The van der Waals surface area contributed by atoms with Crippen LogP contribution in [0.3, 0.4) is 0 Å². The Balaban J connectivity index is 1.94. The van der Waals surface area contributed by atoms with E-state index in [0.717, 1.165) is 15.6 Å². The number of hydrogen-bond donors (Lipinski definition) is 1. The summed E-state index contributed by atoms with van der Waals surface area (Å²) in [7, 11) is 1.30. The molecule has 0 fully saturated rings. The lowest BCUT2D eigenvalue weighted by molar-refractivity contribution is -0.145. The molecule has 0 unspecified atom stereocenters. The number of benzene rings is 2. The largest absolute Gasteiger partial charge is 0.484 e. The van der Waals surface area contributed by atoms with Crippen molar-refractivity contribution in [2.45, 2.75) is 19.4 Å². The minimum Gasteiger partial charge on any atom is -0.484 e. The molecule has 0 heterocycles. The monoisotopic (exact) mass is 405 g/mol. The van der Waals surface area contributed by atoms with Crippen LogP contribution in [-0.4, -0.2) is 31.6 Å². The molecular weight excluding hydrogens is 386 g/mol. The zero-order valence-corrected chi connectivity index (χ0v) is 15.7. The van der Waals surface area contributed by atoms with E-state index >= 15 is 0 Å². The van der Waals surface area contributed by atoms with Crippen molar-refractivity contribution in [2.75, 3.05) is 13.7 Å². The number of carbonyl (C=O) groups is 2. The van der Waals surface area contributed by atoms with Crippen molar-refractivity contribution in [3.05, 3.63) is 64.1 Å². The van der Waals surface area contributed by atoms with E-state index in [-0.39, 0.29) is 12.5 Å². The molecule has 25 heavy (non-hydrogen) atoms. The fraction of sp³-hybridized carbons (Fsp3) is 0.263. The molecule has 0 radical (unpaired) electrons. The van der Waals surface area contributed by atoms with Crippen molar-refractivity contribution in [1.82, 2.24) is 5.32 Å². The molecule has 0 aliphatic heterocycles. The number of methoxy groups -OCH3 is 1. The van der Waals surface area contributed by atoms with Gasteiger partial charge in [-0.3, -0.25) is 4.79 Å². The van der Waals surface area contributed by atoms with Gasteiger partial charge in [-0.05, 0) is 30.2 Å². The molecule has 6 heteroatoms. The van der Waals surface area contributed by atoms with E-state index in [0.29, 0.717) is 12.2 Å². The molecule has 1 atom stereocenters. The molecule has 132 valence electrons. The fourth-order valence-electron chi connectivity index (χ4n) is 2.23. The Morgan fingerprint density at radius 2 is 1.88 bits per heavy atom. The quantitative estimate of drug-likeness (QED) is 0.718. The first kappa shape index (κ1) is 19.0. The molecule has 2 aromatic carbocycles. The van der Waals surface area contributed by atoms with Crippen LogP contribution >= 0.6 is 15.9 Å². The minimum absolute atomic E-state index is 0.183. The van der Waals surface area contributed by atoms with E-state index in [4.69, 9.17) is 9.47 Å². The van der Waals surface area contributed by atoms with Gasteiger partial charge in [0.1, 0.15) is 11.8 Å². The number of nitrogens with one attached hydrogen (secondary N) is 1. The number of hydrogen-bond acceptors (Lipinski definition) is 4. The molecule has 0 aliphatic rings. The number of aryl methyl sites for hydroxylation is 1. The maximum Gasteiger partial charge on any atom is 0.328 e. The number of ether oxygens (including phenoxy) is 2. The van der Waals surface area contributed by atoms with Gasteiger partial charge in [-0.15, -0.1) is 0 Å². The second-order valence-corrected chi connectivity index (χ2v) is 6.39. The Morgan fingerprint density at radius 1 is 1.16 bits per heavy atom. The first-order valence-corrected chi connectivity index (χ1v) is 8.59. The van der Waals surface area contributed by atoms with Gasteiger partial charge in [-0.2, -0.15) is 0 Å². The summed E-state index contributed by atoms with van der Waals surface area (Å²) in [5.74, 6) is -0.302. The van der Waals surface area contributed by atoms with Gasteiger partial charge in [0.15, 0.2) is 6.61 Å². The van der Waals surface area contributed by atoms with Gasteiger partial charge < -0.3 is 14.8 Å². The van der Waals surface area contributed by atoms with Crippen LogP contribution in [0.15, 0.2) is 53.0 Å². The van der Waals surface area contributed by atoms with Gasteiger partial charge >= 0.3 is 5.97 Å². The predicted octanol–water partition coefficient (Wildman–Crippen LogP) is 3.04. The lowest BCUT2D eigenvalue weighted by atomic mass is 10.1. The van der Waals surface area contributed by atoms with Crippen LogP contribution in [0.1, 0.15) is 11.1 Å². The summed E-state index contributed by atoms with van der Waals surface area (Å²) in [5.41, 5.74) is 2.01. The van der Waals surface area contributed by atoms with Crippen molar-refractivity contribution in [1.29, 1.82) is 0 Å². The summed E-state index contributed by atoms with van der Waals surface area (Å²) in [4.78, 5) is 24.1. The van der Waals surface area contributed by atoms with E-state index in [2.05, 4.69) is 21.2 Å². The molecule has 0 saturated heterocycles. The van der Waals surface area contributed by atoms with Crippen LogP contribution in [0.5, 0.6) is 5.75 Å². The Bertz CT molecular complexity index is 733. The molecule has 0 saturated carbocycles. The van der Waals surface area contributed by atoms with Crippen molar-refractivity contribution in [3.8, 4) is 5.75 Å². The zero-order chi connectivity index (χ0) is 18.2. The number of halogens is 1. The van der Waals surface area contributed by atoms with E-state index < -0.39 is 12.0 Å². The highest BCUT2D eigenvalue weighted by atomic mass is 79.9. The average molecular weight is 406 g/mol. The first-order chi connectivity index (χ1) is 12.0. The predicted molar refractivity (Wildman–Crippen MR) is 98.5 cm³/mol. The average Bonchev–Trinajstić information content (AvgIpc) is 2.62. The standard InChI is InChI=1S/C19H20BrNO4/c1-13-8-9-15(11-16(13)20)25-12-18(22)21-17(19(23)24-2)10-14-6-4-3-5-7-14/h3-9,11,17H,10,12H2,1-2H3,(H,21,22)/t17-/m0/s1. The van der Waals surface area contributed by atoms with Gasteiger partial charge in [0, 0.05) is 10.9 Å². The summed E-state index contributed by atoms with van der Waals surface area (Å²) >= 11 is 3.42. The molecule has 2 aromatic rings. The van der Waals surface area contributed by atoms with Crippen molar-refractivity contribution >= 4 is 27.8 Å². The summed E-state index contributed by atoms with van der Waals surface area (Å²) in [6, 6.07) is 14.2. The fourth-order valence-corrected chi connectivity index (χ4v) is 2.59. The molecule has 0 bridgehead atoms. The van der Waals surface area contributed by atoms with E-state index in [1.165, 1.54) is 7.11 Å². The van der Waals surface area contributed by atoms with E-state index in [9.17, 15) is 9.59 Å². The highest BCUT2D eigenvalue weighted by Crippen LogP contribution is 2.22. The van der Waals surface area contributed by atoms with Gasteiger partial charge in [0.25, 0.3) is 5.91 Å². The molecule has 2 rings (SSSR count). The lowest BCUT2D eigenvalue weighted by Crippen LogP contribution is -2.44. The second kappa shape index (κ2) is 9.22. The Kier molecular flexibility index (Phi) is 7.01. The summed E-state index contributed by atoms with van der Waals surface area (Å²) < 4.78 is 11.2. The molecule has 0 spiro atoms. The first-order valence-electron chi connectivity index (χ1n) is 7.79. The minimum atomic E-state index is -0.756. The smallest absolute Gasteiger partial charge is 0.328 e. The Hall–Kier alpha value is -2.34. The maximum absolute atomic E-state index is 12.1. The third-order valence-electron chi connectivity index (χ3n) is 3.62. The zero-order valence-electron chi connectivity index (χ0n) is 14.1. The van der Waals surface area contributed by atoms with Crippen LogP contribution in [-0.2, 0) is 20.7 Å². The van der Waals surface area contributed by atoms with E-state index in [1.807, 2.05) is 43.3 Å². The molecule has 0 aliphatic carbocycles. The van der Waals surface area contributed by atoms with Crippen molar-refractivity contribution < 1.29 is 19.1 Å². The normalized spacial score (nSPS) is 11.5. The lowest BCUT2D eigenvalue weighted by Gasteiger charge is -2.17. The highest BCUT2D eigenvalue weighted by molar-refractivity contribution is 9.10. The molecule has 1 N–H and O–H groups in total. The van der Waals surface area contributed by atoms with Gasteiger partial charge in [0.05, 0.1) is 7.11 Å². The summed E-state index contributed by atoms with van der Waals surface area (Å²) in [6.07, 6.45) is 0.356. The summed E-state index contributed by atoms with van der Waals surface area (Å²) in [5, 5.41) is 2.66. The van der Waals surface area contributed by atoms with Crippen LogP contribution in [0.4, 0.5) is 0 Å². The third-order valence-corrected chi connectivity index (χ3v) is 4.47. The maximum atomic E-state index is 12.1. The van der Waals surface area contributed by atoms with E-state index in [1.54, 1.807) is 12.1 Å². The molecular formula is C19H20BrNO4. The highest BCUT2D eigenvalue weighted by Gasteiger charge is 2.22. The van der Waals surface area contributed by atoms with Gasteiger partial charge in [-0.25, -0.2) is 4.79 Å². The second-order valence-electron chi connectivity index (χ2n) is 5.53. The third kappa shape index (κ3) is 5.90. The number of rotatable bonds is 7. The van der Waals surface area contributed by atoms with Gasteiger partial charge in [-0.1, -0.05) is 52.3 Å².